The van der Waals surface area contributed by atoms with Crippen LogP contribution in [-0.2, 0) is 11.8 Å². The zero-order valence-electron chi connectivity index (χ0n) is 18.8. The Hall–Kier alpha value is -3.93. The van der Waals surface area contributed by atoms with E-state index in [1.807, 2.05) is 48.6 Å². The van der Waals surface area contributed by atoms with Gasteiger partial charge in [0.05, 0.1) is 17.6 Å². The first kappa shape index (κ1) is 21.3. The lowest BCUT2D eigenvalue weighted by Gasteiger charge is -2.34. The van der Waals surface area contributed by atoms with E-state index in [1.165, 1.54) is 0 Å². The molecule has 1 aliphatic rings. The molecular weight excluding hydrogens is 404 g/mol. The highest BCUT2D eigenvalue weighted by molar-refractivity contribution is 5.73. The topological polar surface area (TPSA) is 103 Å². The van der Waals surface area contributed by atoms with Crippen molar-refractivity contribution in [2.75, 3.05) is 36.4 Å². The third-order valence-corrected chi connectivity index (χ3v) is 6.00. The second-order valence-corrected chi connectivity index (χ2v) is 7.89. The second-order valence-electron chi connectivity index (χ2n) is 7.89. The van der Waals surface area contributed by atoms with Crippen molar-refractivity contribution in [3.8, 4) is 17.3 Å². The Balaban J connectivity index is 1.49. The van der Waals surface area contributed by atoms with Crippen LogP contribution in [0.5, 0.6) is 0 Å². The number of aromatic nitrogens is 4. The largest absolute Gasteiger partial charge is 0.353 e. The lowest BCUT2D eigenvalue weighted by atomic mass is 10.1. The number of carbonyl (C=O) groups excluding carboxylic acids is 1. The van der Waals surface area contributed by atoms with E-state index in [4.69, 9.17) is 0 Å². The molecule has 0 atom stereocenters. The van der Waals surface area contributed by atoms with Gasteiger partial charge in [-0.25, -0.2) is 15.0 Å². The number of hydrogen-bond acceptors (Lipinski definition) is 7. The molecule has 164 valence electrons. The fourth-order valence-electron chi connectivity index (χ4n) is 4.10. The highest BCUT2D eigenvalue weighted by Crippen LogP contribution is 2.30. The van der Waals surface area contributed by atoms with Crippen LogP contribution in [0.15, 0.2) is 30.6 Å². The molecule has 3 aromatic heterocycles. The molecule has 1 fully saturated rings. The average molecular weight is 431 g/mol. The van der Waals surface area contributed by atoms with E-state index in [2.05, 4.69) is 31.2 Å². The lowest BCUT2D eigenvalue weighted by molar-refractivity contribution is -0.129. The quantitative estimate of drug-likeness (QED) is 0.679. The molecule has 0 bridgehead atoms. The van der Waals surface area contributed by atoms with Crippen molar-refractivity contribution in [2.45, 2.75) is 20.8 Å². The van der Waals surface area contributed by atoms with Crippen LogP contribution < -0.4 is 10.2 Å². The van der Waals surface area contributed by atoms with Gasteiger partial charge in [-0.3, -0.25) is 4.79 Å². The number of rotatable bonds is 4. The van der Waals surface area contributed by atoms with E-state index in [0.29, 0.717) is 24.7 Å². The van der Waals surface area contributed by atoms with Crippen LogP contribution in [0.4, 0.5) is 17.5 Å². The molecular formula is C23H26N8O. The minimum atomic E-state index is 0.115. The maximum absolute atomic E-state index is 11.5. The summed E-state index contributed by atoms with van der Waals surface area (Å²) in [7, 11) is 1.89. The fourth-order valence-corrected chi connectivity index (χ4v) is 4.10. The van der Waals surface area contributed by atoms with Crippen molar-refractivity contribution < 1.29 is 4.79 Å². The summed E-state index contributed by atoms with van der Waals surface area (Å²) in [4.78, 5) is 29.1. The molecule has 4 heterocycles. The number of carbonyl (C=O) groups is 1. The SMILES string of the molecule is CC(=O)N1CCN(c2ccc(Nc3nccc(-c4c(C)c(C#N)n(C)c4C)n3)cn2)CC1. The molecule has 1 N–H and O–H groups in total. The third-order valence-electron chi connectivity index (χ3n) is 6.00. The van der Waals surface area contributed by atoms with Gasteiger partial charge in [0.1, 0.15) is 17.6 Å². The molecule has 0 radical (unpaired) electrons. The molecule has 9 nitrogen and oxygen atoms in total. The number of hydrogen-bond donors (Lipinski definition) is 1. The maximum Gasteiger partial charge on any atom is 0.227 e. The van der Waals surface area contributed by atoms with E-state index >= 15 is 0 Å². The lowest BCUT2D eigenvalue weighted by Crippen LogP contribution is -2.48. The van der Waals surface area contributed by atoms with Crippen LogP contribution >= 0.6 is 0 Å². The molecule has 4 rings (SSSR count). The number of nitrogens with zero attached hydrogens (tertiary/aromatic N) is 7. The molecule has 0 aromatic carbocycles. The van der Waals surface area contributed by atoms with Gasteiger partial charge in [0.25, 0.3) is 0 Å². The van der Waals surface area contributed by atoms with E-state index in [9.17, 15) is 10.1 Å². The van der Waals surface area contributed by atoms with Crippen LogP contribution in [0, 0.1) is 25.2 Å². The van der Waals surface area contributed by atoms with Crippen LogP contribution in [0.3, 0.4) is 0 Å². The van der Waals surface area contributed by atoms with Crippen molar-refractivity contribution in [2.24, 2.45) is 7.05 Å². The Bertz CT molecular complexity index is 1180. The first-order chi connectivity index (χ1) is 15.4. The van der Waals surface area contributed by atoms with E-state index in [0.717, 1.165) is 47.1 Å². The Kier molecular flexibility index (Phi) is 5.77. The van der Waals surface area contributed by atoms with E-state index in [1.54, 1.807) is 19.3 Å². The van der Waals surface area contributed by atoms with Crippen molar-refractivity contribution >= 4 is 23.4 Å². The molecule has 32 heavy (non-hydrogen) atoms. The van der Waals surface area contributed by atoms with Crippen LogP contribution in [0.25, 0.3) is 11.3 Å². The molecule has 0 aliphatic carbocycles. The van der Waals surface area contributed by atoms with Crippen molar-refractivity contribution in [3.63, 3.8) is 0 Å². The summed E-state index contributed by atoms with van der Waals surface area (Å²) in [5, 5.41) is 12.7. The summed E-state index contributed by atoms with van der Waals surface area (Å²) < 4.78 is 1.89. The Morgan fingerprint density at radius 2 is 1.88 bits per heavy atom. The standard InChI is InChI=1S/C23H26N8O/c1-15-20(13-24)29(4)16(2)22(15)19-7-8-25-23(28-19)27-18-5-6-21(26-14-18)31-11-9-30(10-12-31)17(3)32/h5-8,14H,9-12H2,1-4H3,(H,25,27,28). The van der Waals surface area contributed by atoms with Gasteiger partial charge in [0.2, 0.25) is 11.9 Å². The highest BCUT2D eigenvalue weighted by Gasteiger charge is 2.20. The zero-order valence-corrected chi connectivity index (χ0v) is 18.8. The molecule has 1 saturated heterocycles. The van der Waals surface area contributed by atoms with Crippen molar-refractivity contribution in [1.29, 1.82) is 5.26 Å². The molecule has 3 aromatic rings. The Morgan fingerprint density at radius 1 is 1.12 bits per heavy atom. The Labute approximate surface area is 187 Å². The number of pyridine rings is 1. The number of amides is 1. The fraction of sp³-hybridized carbons (Fsp3) is 0.348. The normalized spacial score (nSPS) is 13.7. The summed E-state index contributed by atoms with van der Waals surface area (Å²) in [6, 6.07) is 8.02. The predicted molar refractivity (Wildman–Crippen MR) is 123 cm³/mol. The van der Waals surface area contributed by atoms with Gasteiger partial charge in [-0.15, -0.1) is 0 Å². The monoisotopic (exact) mass is 430 g/mol. The molecule has 0 saturated carbocycles. The summed E-state index contributed by atoms with van der Waals surface area (Å²) in [6.07, 6.45) is 3.47. The van der Waals surface area contributed by atoms with Crippen LogP contribution in [-0.4, -0.2) is 56.5 Å². The molecule has 1 aliphatic heterocycles. The van der Waals surface area contributed by atoms with Crippen molar-refractivity contribution in [1.82, 2.24) is 24.4 Å². The number of nitriles is 1. The number of piperazine rings is 1. The van der Waals surface area contributed by atoms with Gasteiger partial charge < -0.3 is 19.7 Å². The summed E-state index contributed by atoms with van der Waals surface area (Å²) in [6.45, 7) is 8.49. The summed E-state index contributed by atoms with van der Waals surface area (Å²) in [5.41, 5.74) is 5.03. The predicted octanol–water partition coefficient (Wildman–Crippen LogP) is 2.78. The molecule has 1 amide bonds. The second kappa shape index (κ2) is 8.67. The minimum absolute atomic E-state index is 0.115. The number of anilines is 3. The van der Waals surface area contributed by atoms with Gasteiger partial charge in [-0.1, -0.05) is 0 Å². The molecule has 0 spiro atoms. The molecule has 9 heteroatoms. The smallest absolute Gasteiger partial charge is 0.227 e. The summed E-state index contributed by atoms with van der Waals surface area (Å²) >= 11 is 0. The van der Waals surface area contributed by atoms with Gasteiger partial charge in [-0.05, 0) is 37.6 Å². The maximum atomic E-state index is 11.5. The van der Waals surface area contributed by atoms with Gasteiger partial charge in [0.15, 0.2) is 0 Å². The highest BCUT2D eigenvalue weighted by atomic mass is 16.2. The van der Waals surface area contributed by atoms with Gasteiger partial charge in [-0.2, -0.15) is 5.26 Å². The summed E-state index contributed by atoms with van der Waals surface area (Å²) in [5.74, 6) is 1.46. The first-order valence-corrected chi connectivity index (χ1v) is 10.5. The average Bonchev–Trinajstić information content (AvgIpc) is 3.02. The zero-order chi connectivity index (χ0) is 22.8. The van der Waals surface area contributed by atoms with Gasteiger partial charge in [0, 0.05) is 57.6 Å². The van der Waals surface area contributed by atoms with Gasteiger partial charge >= 0.3 is 0 Å². The third kappa shape index (κ3) is 3.99. The van der Waals surface area contributed by atoms with E-state index < -0.39 is 0 Å². The minimum Gasteiger partial charge on any atom is -0.353 e. The first-order valence-electron chi connectivity index (χ1n) is 10.5. The van der Waals surface area contributed by atoms with Crippen molar-refractivity contribution in [3.05, 3.63) is 47.5 Å². The number of nitrogens with one attached hydrogen (secondary N) is 1. The van der Waals surface area contributed by atoms with E-state index in [-0.39, 0.29) is 5.91 Å². The van der Waals surface area contributed by atoms with Crippen LogP contribution in [0.2, 0.25) is 0 Å². The Morgan fingerprint density at radius 3 is 2.47 bits per heavy atom. The molecule has 0 unspecified atom stereocenters. The van der Waals surface area contributed by atoms with Crippen LogP contribution in [0.1, 0.15) is 23.9 Å².